The Bertz CT molecular complexity index is 1350. The highest BCUT2D eigenvalue weighted by Crippen LogP contribution is 2.26. The lowest BCUT2D eigenvalue weighted by atomic mass is 10.1. The maximum absolute atomic E-state index is 14.0. The molecule has 0 aliphatic rings. The van der Waals surface area contributed by atoms with Gasteiger partial charge in [-0.05, 0) is 63.1 Å². The molecule has 2 amide bonds. The van der Waals surface area contributed by atoms with E-state index < -0.39 is 28.5 Å². The third-order valence-corrected chi connectivity index (χ3v) is 8.20. The van der Waals surface area contributed by atoms with E-state index in [0.717, 1.165) is 9.87 Å². The number of nitrogens with zero attached hydrogens (tertiary/aromatic N) is 2. The van der Waals surface area contributed by atoms with Crippen molar-refractivity contribution in [3.8, 4) is 0 Å². The predicted molar refractivity (Wildman–Crippen MR) is 152 cm³/mol. The molecule has 0 saturated carbocycles. The average Bonchev–Trinajstić information content (AvgIpc) is 2.88. The Morgan fingerprint density at radius 2 is 1.53 bits per heavy atom. The van der Waals surface area contributed by atoms with Gasteiger partial charge in [-0.15, -0.1) is 0 Å². The van der Waals surface area contributed by atoms with Gasteiger partial charge in [0.1, 0.15) is 12.6 Å². The molecule has 3 aromatic carbocycles. The van der Waals surface area contributed by atoms with Crippen LogP contribution in [0.4, 0.5) is 5.69 Å². The Hall–Kier alpha value is -3.36. The van der Waals surface area contributed by atoms with E-state index in [2.05, 4.69) is 5.32 Å². The molecule has 0 fully saturated rings. The van der Waals surface area contributed by atoms with Crippen LogP contribution in [0.2, 0.25) is 5.02 Å². The molecule has 0 aliphatic heterocycles. The van der Waals surface area contributed by atoms with E-state index in [-0.39, 0.29) is 23.4 Å². The Morgan fingerprint density at radius 3 is 2.11 bits per heavy atom. The first-order valence-corrected chi connectivity index (χ1v) is 14.3. The molecule has 0 bridgehead atoms. The van der Waals surface area contributed by atoms with E-state index in [0.29, 0.717) is 22.7 Å². The number of rotatable bonds is 11. The summed E-state index contributed by atoms with van der Waals surface area (Å²) in [6.45, 7) is 6.96. The number of hydrogen-bond acceptors (Lipinski definition) is 4. The van der Waals surface area contributed by atoms with Gasteiger partial charge in [-0.1, -0.05) is 72.6 Å². The van der Waals surface area contributed by atoms with Crippen molar-refractivity contribution in [3.05, 3.63) is 95.0 Å². The standard InChI is InChI=1S/C29H34ClN3O4S/c1-5-27(29(35)31-21(2)3)32(19-23-11-9-10-14-26(23)30)28(34)20-33(24-17-15-22(4)16-18-24)38(36,37)25-12-7-6-8-13-25/h6-18,21,27H,5,19-20H2,1-4H3,(H,31,35)/t27-/m1/s1. The molecular formula is C29H34ClN3O4S. The maximum atomic E-state index is 14.0. The lowest BCUT2D eigenvalue weighted by Crippen LogP contribution is -2.53. The van der Waals surface area contributed by atoms with Gasteiger partial charge in [0.05, 0.1) is 10.6 Å². The number of anilines is 1. The fourth-order valence-corrected chi connectivity index (χ4v) is 5.70. The second-order valence-corrected chi connectivity index (χ2v) is 11.6. The van der Waals surface area contributed by atoms with Gasteiger partial charge in [-0.2, -0.15) is 0 Å². The van der Waals surface area contributed by atoms with Crippen molar-refractivity contribution < 1.29 is 18.0 Å². The maximum Gasteiger partial charge on any atom is 0.264 e. The molecule has 38 heavy (non-hydrogen) atoms. The van der Waals surface area contributed by atoms with Gasteiger partial charge in [0.2, 0.25) is 11.8 Å². The summed E-state index contributed by atoms with van der Waals surface area (Å²) in [7, 11) is -4.09. The molecule has 3 rings (SSSR count). The van der Waals surface area contributed by atoms with Crippen molar-refractivity contribution in [1.29, 1.82) is 0 Å². The minimum absolute atomic E-state index is 0.0512. The van der Waals surface area contributed by atoms with Gasteiger partial charge in [0, 0.05) is 17.6 Å². The summed E-state index contributed by atoms with van der Waals surface area (Å²) < 4.78 is 28.6. The highest BCUT2D eigenvalue weighted by Gasteiger charge is 2.34. The number of benzene rings is 3. The first-order valence-electron chi connectivity index (χ1n) is 12.5. The van der Waals surface area contributed by atoms with E-state index >= 15 is 0 Å². The first kappa shape index (κ1) is 29.2. The molecule has 7 nitrogen and oxygen atoms in total. The van der Waals surface area contributed by atoms with Gasteiger partial charge >= 0.3 is 0 Å². The van der Waals surface area contributed by atoms with Gasteiger partial charge < -0.3 is 10.2 Å². The van der Waals surface area contributed by atoms with Gasteiger partial charge in [-0.3, -0.25) is 13.9 Å². The van der Waals surface area contributed by atoms with Crippen LogP contribution in [-0.4, -0.2) is 43.8 Å². The molecule has 9 heteroatoms. The third-order valence-electron chi connectivity index (χ3n) is 6.05. The topological polar surface area (TPSA) is 86.8 Å². The minimum Gasteiger partial charge on any atom is -0.352 e. The number of amides is 2. The lowest BCUT2D eigenvalue weighted by molar-refractivity contribution is -0.140. The van der Waals surface area contributed by atoms with Crippen LogP contribution < -0.4 is 9.62 Å². The van der Waals surface area contributed by atoms with E-state index in [1.54, 1.807) is 66.7 Å². The molecule has 202 valence electrons. The van der Waals surface area contributed by atoms with Crippen molar-refractivity contribution in [2.24, 2.45) is 0 Å². The number of carbonyl (C=O) groups excluding carboxylic acids is 2. The van der Waals surface area contributed by atoms with Crippen molar-refractivity contribution in [2.45, 2.75) is 57.6 Å². The zero-order chi connectivity index (χ0) is 27.9. The fourth-order valence-electron chi connectivity index (χ4n) is 4.07. The zero-order valence-corrected chi connectivity index (χ0v) is 23.7. The molecule has 0 aromatic heterocycles. The zero-order valence-electron chi connectivity index (χ0n) is 22.1. The smallest absolute Gasteiger partial charge is 0.264 e. The second kappa shape index (κ2) is 12.9. The normalized spacial score (nSPS) is 12.2. The molecule has 0 aliphatic carbocycles. The van der Waals surface area contributed by atoms with Crippen LogP contribution >= 0.6 is 11.6 Å². The van der Waals surface area contributed by atoms with Crippen LogP contribution in [-0.2, 0) is 26.2 Å². The van der Waals surface area contributed by atoms with Crippen LogP contribution in [0, 0.1) is 6.92 Å². The summed E-state index contributed by atoms with van der Waals surface area (Å²) in [6.07, 6.45) is 0.338. The first-order chi connectivity index (χ1) is 18.0. The Kier molecular flexibility index (Phi) is 9.94. The molecule has 1 N–H and O–H groups in total. The highest BCUT2D eigenvalue weighted by molar-refractivity contribution is 7.92. The molecule has 1 atom stereocenters. The second-order valence-electron chi connectivity index (χ2n) is 9.36. The summed E-state index contributed by atoms with van der Waals surface area (Å²) in [6, 6.07) is 21.0. The summed E-state index contributed by atoms with van der Waals surface area (Å²) in [5.41, 5.74) is 1.96. The largest absolute Gasteiger partial charge is 0.352 e. The Labute approximate surface area is 230 Å². The van der Waals surface area contributed by atoms with Crippen LogP contribution in [0.25, 0.3) is 0 Å². The summed E-state index contributed by atoms with van der Waals surface area (Å²) in [5.74, 6) is -0.827. The molecule has 3 aromatic rings. The van der Waals surface area contributed by atoms with E-state index in [1.165, 1.54) is 17.0 Å². The number of aryl methyl sites for hydroxylation is 1. The summed E-state index contributed by atoms with van der Waals surface area (Å²) in [4.78, 5) is 28.6. The predicted octanol–water partition coefficient (Wildman–Crippen LogP) is 5.18. The van der Waals surface area contributed by atoms with E-state index in [4.69, 9.17) is 11.6 Å². The number of carbonyl (C=O) groups is 2. The number of sulfonamides is 1. The molecule has 0 unspecified atom stereocenters. The molecule has 0 spiro atoms. The molecule has 0 heterocycles. The molecule has 0 saturated heterocycles. The average molecular weight is 556 g/mol. The Morgan fingerprint density at radius 1 is 0.921 bits per heavy atom. The summed E-state index contributed by atoms with van der Waals surface area (Å²) >= 11 is 6.41. The van der Waals surface area contributed by atoms with Crippen LogP contribution in [0.5, 0.6) is 0 Å². The van der Waals surface area contributed by atoms with Crippen molar-refractivity contribution in [1.82, 2.24) is 10.2 Å². The van der Waals surface area contributed by atoms with Gasteiger partial charge in [-0.25, -0.2) is 8.42 Å². The monoisotopic (exact) mass is 555 g/mol. The lowest BCUT2D eigenvalue weighted by Gasteiger charge is -2.33. The van der Waals surface area contributed by atoms with Crippen molar-refractivity contribution in [3.63, 3.8) is 0 Å². The van der Waals surface area contributed by atoms with Crippen LogP contribution in [0.15, 0.2) is 83.8 Å². The van der Waals surface area contributed by atoms with E-state index in [1.807, 2.05) is 27.7 Å². The van der Waals surface area contributed by atoms with Crippen LogP contribution in [0.3, 0.4) is 0 Å². The quantitative estimate of drug-likeness (QED) is 0.353. The van der Waals surface area contributed by atoms with Crippen LogP contribution in [0.1, 0.15) is 38.3 Å². The third kappa shape index (κ3) is 7.14. The Balaban J connectivity index is 2.06. The number of nitrogens with one attached hydrogen (secondary N) is 1. The SMILES string of the molecule is CC[C@H](C(=O)NC(C)C)N(Cc1ccccc1Cl)C(=O)CN(c1ccc(C)cc1)S(=O)(=O)c1ccccc1. The fraction of sp³-hybridized carbons (Fsp3) is 0.310. The molecular weight excluding hydrogens is 522 g/mol. The number of hydrogen-bond donors (Lipinski definition) is 1. The summed E-state index contributed by atoms with van der Waals surface area (Å²) in [5, 5.41) is 3.33. The van der Waals surface area contributed by atoms with Crippen molar-refractivity contribution >= 4 is 39.1 Å². The van der Waals surface area contributed by atoms with Gasteiger partial charge in [0.15, 0.2) is 0 Å². The van der Waals surface area contributed by atoms with Gasteiger partial charge in [0.25, 0.3) is 10.0 Å². The minimum atomic E-state index is -4.09. The number of halogens is 1. The highest BCUT2D eigenvalue weighted by atomic mass is 35.5. The van der Waals surface area contributed by atoms with Crippen molar-refractivity contribution in [2.75, 3.05) is 10.8 Å². The molecule has 0 radical (unpaired) electrons. The van der Waals surface area contributed by atoms with E-state index in [9.17, 15) is 18.0 Å².